The minimum atomic E-state index is -1.64. The number of furan rings is 1. The first kappa shape index (κ1) is 32.4. The number of rotatable bonds is 4. The minimum Gasteiger partial charge on any atom is -0.456 e. The molecule has 2 aliphatic rings. The molecule has 0 fully saturated rings. The summed E-state index contributed by atoms with van der Waals surface area (Å²) in [5, 5.41) is 2.60. The molecule has 17 aromatic rings. The molecule has 0 unspecified atom stereocenters. The number of hydrogen-bond acceptors (Lipinski definition) is 2. The average Bonchev–Trinajstić information content (AvgIpc) is 0.973. The van der Waals surface area contributed by atoms with Crippen molar-refractivity contribution in [1.82, 2.24) is 13.7 Å². The predicted molar refractivity (Wildman–Crippen MR) is 373 cm³/mol. The number of benzene rings is 13. The van der Waals surface area contributed by atoms with Gasteiger partial charge in [0, 0.05) is 66.0 Å². The van der Waals surface area contributed by atoms with Gasteiger partial charge >= 0.3 is 0 Å². The highest BCUT2D eigenvalue weighted by Crippen LogP contribution is 2.49. The Balaban J connectivity index is 1.15. The molecule has 0 saturated heterocycles. The average molecular weight is 1150 g/mol. The van der Waals surface area contributed by atoms with E-state index in [0.717, 1.165) is 0 Å². The monoisotopic (exact) mass is 1140 g/mol. The molecule has 0 aliphatic carbocycles. The summed E-state index contributed by atoms with van der Waals surface area (Å²) in [6.07, 6.45) is 0. The maximum atomic E-state index is 11.5. The summed E-state index contributed by atoms with van der Waals surface area (Å²) in [7, 11) is 0. The van der Waals surface area contributed by atoms with Crippen LogP contribution in [0.25, 0.3) is 137 Å². The van der Waals surface area contributed by atoms with Crippen molar-refractivity contribution in [3.8, 4) is 28.2 Å². The van der Waals surface area contributed by atoms with Crippen molar-refractivity contribution in [2.24, 2.45) is 0 Å². The highest BCUT2D eigenvalue weighted by molar-refractivity contribution is 7.00. The van der Waals surface area contributed by atoms with Crippen LogP contribution in [0, 0.1) is 0 Å². The van der Waals surface area contributed by atoms with Crippen molar-refractivity contribution in [2.45, 2.75) is 26.2 Å². The van der Waals surface area contributed by atoms with Gasteiger partial charge in [-0.05, 0) is 127 Å². The Labute approximate surface area is 539 Å². The van der Waals surface area contributed by atoms with Gasteiger partial charge in [0.05, 0.1) is 80.0 Å². The Morgan fingerprint density at radius 3 is 1.58 bits per heavy atom. The lowest BCUT2D eigenvalue weighted by Crippen LogP contribution is -2.60. The summed E-state index contributed by atoms with van der Waals surface area (Å²) in [6.45, 7) is 3.97. The predicted octanol–water partition coefficient (Wildman–Crippen LogP) is 19.9. The van der Waals surface area contributed by atoms with Crippen molar-refractivity contribution in [2.75, 3.05) is 4.90 Å². The zero-order valence-electron chi connectivity index (χ0n) is 69.1. The van der Waals surface area contributed by atoms with E-state index < -0.39 is 133 Å². The van der Waals surface area contributed by atoms with Crippen molar-refractivity contribution < 1.29 is 34.6 Å². The second-order valence-corrected chi connectivity index (χ2v) is 23.4. The van der Waals surface area contributed by atoms with Crippen LogP contribution in [0.15, 0.2) is 283 Å². The fraction of sp³-hybridized carbons (Fsp3) is 0.0488. The molecule has 0 bridgehead atoms. The molecule has 0 N–H and O–H groups in total. The van der Waals surface area contributed by atoms with Gasteiger partial charge in [-0.2, -0.15) is 0 Å². The van der Waals surface area contributed by atoms with Crippen LogP contribution < -0.4 is 21.3 Å². The Kier molecular flexibility index (Phi) is 6.72. The largest absolute Gasteiger partial charge is 0.456 e. The Hall–Kier alpha value is -11.1. The van der Waals surface area contributed by atoms with Gasteiger partial charge in [0.25, 0.3) is 6.71 Å². The lowest BCUT2D eigenvalue weighted by molar-refractivity contribution is 0.590. The molecule has 19 rings (SSSR count). The van der Waals surface area contributed by atoms with Crippen LogP contribution in [-0.2, 0) is 5.41 Å². The van der Waals surface area contributed by atoms with Crippen LogP contribution in [0.5, 0.6) is 0 Å². The van der Waals surface area contributed by atoms with E-state index in [1.54, 1.807) is 41.3 Å². The summed E-state index contributed by atoms with van der Waals surface area (Å²) in [5.74, 6) is 0. The first-order valence-electron chi connectivity index (χ1n) is 39.9. The third-order valence-corrected chi connectivity index (χ3v) is 17.6. The molecule has 5 nitrogen and oxygen atoms in total. The number of para-hydroxylation sites is 6. The molecule has 0 spiro atoms. The fourth-order valence-corrected chi connectivity index (χ4v) is 14.0. The summed E-state index contributed by atoms with van der Waals surface area (Å²) < 4.78 is 230. The summed E-state index contributed by atoms with van der Waals surface area (Å²) in [5.41, 5.74) is -0.0306. The van der Waals surface area contributed by atoms with Crippen LogP contribution in [0.3, 0.4) is 0 Å². The van der Waals surface area contributed by atoms with E-state index in [-0.39, 0.29) is 117 Å². The second kappa shape index (κ2) is 18.2. The molecule has 4 aromatic heterocycles. The zero-order chi connectivity index (χ0) is 77.2. The normalized spacial score (nSPS) is 16.4. The van der Waals surface area contributed by atoms with Gasteiger partial charge in [-0.3, -0.25) is 0 Å². The third-order valence-electron chi connectivity index (χ3n) is 17.6. The SMILES string of the molecule is [2H]c1c(-n2c3c([2H])c([2H])c([2H])c([2H])c3c3c([2H])c([2H])c([2H])c([2H])c32)cc2c(c1[2H])B1c3c(c([2H])c(C(C)(C)C)c([2H])c3-n3c4c(-c5ccccc5)cccc4c4ccccc4c4ccccc4c4c(-n5c6c([2H])c([2H])c([2H])c([2H])c6c6c([2H])c([2H])c([2H])c([2H])c65)c([2H])c([2H])c1c43)N2c1cccc2oc3ccccc3c12. The first-order valence-corrected chi connectivity index (χ1v) is 28.9. The van der Waals surface area contributed by atoms with Crippen LogP contribution in [0.4, 0.5) is 17.1 Å². The number of aromatic nitrogens is 3. The minimum absolute atomic E-state index is 0.00200. The molecule has 0 atom stereocenters. The second-order valence-electron chi connectivity index (χ2n) is 23.4. The van der Waals surface area contributed by atoms with Gasteiger partial charge in [0.15, 0.2) is 0 Å². The molecule has 0 saturated carbocycles. The summed E-state index contributed by atoms with van der Waals surface area (Å²) >= 11 is 0. The lowest BCUT2D eigenvalue weighted by atomic mass is 9.33. The molecule has 412 valence electrons. The van der Waals surface area contributed by atoms with Crippen LogP contribution >= 0.6 is 0 Å². The van der Waals surface area contributed by atoms with Crippen LogP contribution in [-0.4, -0.2) is 20.4 Å². The molecule has 13 aromatic carbocycles. The van der Waals surface area contributed by atoms with Crippen molar-refractivity contribution in [3.05, 3.63) is 284 Å². The van der Waals surface area contributed by atoms with Crippen molar-refractivity contribution >= 4 is 149 Å². The number of anilines is 3. The molecule has 6 heterocycles. The summed E-state index contributed by atoms with van der Waals surface area (Å²) in [6, 6.07) is 30.2. The molecule has 6 heteroatoms. The van der Waals surface area contributed by atoms with Crippen molar-refractivity contribution in [3.63, 3.8) is 0 Å². The number of fused-ring (bicyclic) bond motifs is 20. The Morgan fingerprint density at radius 1 is 0.375 bits per heavy atom. The molecular formula is C82H55BN4O. The molecule has 88 heavy (non-hydrogen) atoms. The highest BCUT2D eigenvalue weighted by atomic mass is 16.3. The molecular weight excluding hydrogens is 1070 g/mol. The Bertz CT molecular complexity index is 7170. The first-order chi connectivity index (χ1) is 52.5. The highest BCUT2D eigenvalue weighted by Gasteiger charge is 2.44. The summed E-state index contributed by atoms with van der Waals surface area (Å²) in [4.78, 5) is 1.75. The van der Waals surface area contributed by atoms with Gasteiger partial charge in [0.1, 0.15) is 11.2 Å². The smallest absolute Gasteiger partial charge is 0.252 e. The van der Waals surface area contributed by atoms with Crippen molar-refractivity contribution in [1.29, 1.82) is 0 Å². The maximum absolute atomic E-state index is 11.5. The van der Waals surface area contributed by atoms with E-state index >= 15 is 0 Å². The van der Waals surface area contributed by atoms with Gasteiger partial charge in [-0.25, -0.2) is 0 Å². The number of hydrogen-bond donors (Lipinski definition) is 0. The third kappa shape index (κ3) is 6.77. The molecule has 0 amide bonds. The Morgan fingerprint density at radius 2 is 0.909 bits per heavy atom. The van der Waals surface area contributed by atoms with E-state index in [2.05, 4.69) is 0 Å². The van der Waals surface area contributed by atoms with Gasteiger partial charge in [-0.1, -0.05) is 227 Å². The van der Waals surface area contributed by atoms with E-state index in [1.807, 2.05) is 128 Å². The zero-order valence-corrected chi connectivity index (χ0v) is 47.1. The topological polar surface area (TPSA) is 31.2 Å². The molecule has 0 radical (unpaired) electrons. The van der Waals surface area contributed by atoms with E-state index in [1.165, 1.54) is 15.2 Å². The fourth-order valence-electron chi connectivity index (χ4n) is 14.0. The van der Waals surface area contributed by atoms with E-state index in [0.29, 0.717) is 71.2 Å². The van der Waals surface area contributed by atoms with Gasteiger partial charge in [-0.15, -0.1) is 0 Å². The van der Waals surface area contributed by atoms with Gasteiger partial charge < -0.3 is 23.0 Å². The standard InChI is InChI=1S/C82H55BN4O/c1-82(2,3)51-47-73-79-74(48-51)87-80-53(50-23-5-4-6-24-50)34-21-35-62(80)56-27-8-7-25-54(56)55-26-9-10-32-61(55)78-71(85-68-38-18-13-30-59(68)60-31-14-19-39-69(60)85)46-45-65(81(78)87)83(79)64-44-43-52(84-66-36-16-11-28-57(66)58-29-12-17-37-67(58)84)49-72(64)86(73)70-40-22-42-76-77(70)63-33-15-20-41-75(63)88-76/h4-49H,1-3H3/i11D,12D,13D,14D,16D,17D,18D,19D,28D,29D,30D,31D,36D,37D,38D,39D,43D,44D,45D,46D,47D,48D. The van der Waals surface area contributed by atoms with E-state index in [4.69, 9.17) is 9.90 Å². The lowest BCUT2D eigenvalue weighted by Gasteiger charge is -2.42. The maximum Gasteiger partial charge on any atom is 0.252 e. The molecule has 2 aliphatic heterocycles. The van der Waals surface area contributed by atoms with Gasteiger partial charge in [0.2, 0.25) is 0 Å². The van der Waals surface area contributed by atoms with Crippen LogP contribution in [0.1, 0.15) is 56.5 Å². The van der Waals surface area contributed by atoms with Crippen LogP contribution in [0.2, 0.25) is 0 Å². The number of nitrogens with zero attached hydrogens (tertiary/aromatic N) is 4. The van der Waals surface area contributed by atoms with E-state index in [9.17, 15) is 24.7 Å². The quantitative estimate of drug-likeness (QED) is 0.164.